The molecule has 2 saturated carbocycles. The van der Waals surface area contributed by atoms with Crippen molar-refractivity contribution in [3.63, 3.8) is 0 Å². The molecule has 9 nitrogen and oxygen atoms in total. The molecule has 1 aromatic rings. The Morgan fingerprint density at radius 3 is 1.92 bits per heavy atom. The lowest BCUT2D eigenvalue weighted by atomic mass is 9.81. The predicted molar refractivity (Wildman–Crippen MR) is 92.8 cm³/mol. The molecule has 1 aromatic carbocycles. The van der Waals surface area contributed by atoms with Crippen LogP contribution in [0, 0.1) is 11.8 Å². The summed E-state index contributed by atoms with van der Waals surface area (Å²) in [4.78, 5) is 44.2. The fraction of sp³-hybridized carbons (Fsp3) is 0.375. The van der Waals surface area contributed by atoms with Crippen molar-refractivity contribution in [2.45, 2.75) is 25.7 Å². The second-order valence-corrected chi connectivity index (χ2v) is 5.73. The molecule has 0 heterocycles. The van der Waals surface area contributed by atoms with Gasteiger partial charge in [0.25, 0.3) is 11.7 Å². The topological polar surface area (TPSA) is 178 Å². The normalized spacial score (nSPS) is 20.7. The number of amides is 1. The van der Waals surface area contributed by atoms with E-state index in [0.29, 0.717) is 0 Å². The van der Waals surface area contributed by atoms with E-state index in [-0.39, 0.29) is 46.8 Å². The average Bonchev–Trinajstić information content (AvgIpc) is 2.82. The van der Waals surface area contributed by atoms with Crippen molar-refractivity contribution < 1.29 is 34.9 Å². The lowest BCUT2D eigenvalue weighted by Crippen LogP contribution is -2.29. The number of carbonyl (C=O) groups excluding carboxylic acids is 4. The van der Waals surface area contributed by atoms with Gasteiger partial charge in [-0.25, -0.2) is 5.84 Å². The van der Waals surface area contributed by atoms with Gasteiger partial charge in [0.05, 0.1) is 0 Å². The molecule has 144 valence electrons. The Hall–Kier alpha value is -2.49. The highest BCUT2D eigenvalue weighted by molar-refractivity contribution is 6.68. The molecule has 7 N–H and O–H groups in total. The first-order valence-corrected chi connectivity index (χ1v) is 7.52. The van der Waals surface area contributed by atoms with E-state index in [1.54, 1.807) is 0 Å². The number of ketones is 3. The number of nitrogen functional groups attached to an aromatic ring is 1. The Morgan fingerprint density at radius 1 is 1.00 bits per heavy atom. The van der Waals surface area contributed by atoms with Crippen LogP contribution in [0.4, 0.5) is 0 Å². The van der Waals surface area contributed by atoms with Gasteiger partial charge >= 0.3 is 0 Å². The van der Waals surface area contributed by atoms with Gasteiger partial charge in [-0.05, 0) is 31.0 Å². The van der Waals surface area contributed by atoms with Crippen LogP contribution >= 0.6 is 12.4 Å². The van der Waals surface area contributed by atoms with Crippen LogP contribution in [-0.4, -0.2) is 38.9 Å². The number of hydrogen-bond donors (Lipinski definition) is 4. The third-order valence-electron chi connectivity index (χ3n) is 4.26. The van der Waals surface area contributed by atoms with Crippen molar-refractivity contribution in [3.05, 3.63) is 23.8 Å². The van der Waals surface area contributed by atoms with Gasteiger partial charge in [-0.2, -0.15) is 0 Å². The number of phenolic OH excluding ortho intramolecular Hbond substituents is 2. The summed E-state index contributed by atoms with van der Waals surface area (Å²) < 4.78 is 0. The highest BCUT2D eigenvalue weighted by Gasteiger charge is 2.48. The van der Waals surface area contributed by atoms with E-state index in [4.69, 9.17) is 16.1 Å². The number of carbonyl (C=O) groups is 4. The molecule has 2 aliphatic rings. The molecule has 2 aliphatic carbocycles. The maximum Gasteiger partial charge on any atom is 0.265 e. The number of hydrazine groups is 1. The molecule has 0 aliphatic heterocycles. The second-order valence-electron chi connectivity index (χ2n) is 5.73. The lowest BCUT2D eigenvalue weighted by Gasteiger charge is -2.20. The number of fused-ring (bicyclic) bond motifs is 1. The van der Waals surface area contributed by atoms with Crippen molar-refractivity contribution in [3.8, 4) is 11.5 Å². The van der Waals surface area contributed by atoms with Crippen LogP contribution in [0.2, 0.25) is 0 Å². The van der Waals surface area contributed by atoms with Gasteiger partial charge in [0.2, 0.25) is 11.6 Å². The summed E-state index contributed by atoms with van der Waals surface area (Å²) in [7, 11) is 0. The molecule has 26 heavy (non-hydrogen) atoms. The zero-order valence-electron chi connectivity index (χ0n) is 13.7. The van der Waals surface area contributed by atoms with Crippen LogP contribution in [-0.2, 0) is 14.4 Å². The van der Waals surface area contributed by atoms with Crippen LogP contribution in [0.25, 0.3) is 0 Å². The molecule has 3 rings (SSSR count). The smallest absolute Gasteiger partial charge is 0.265 e. The van der Waals surface area contributed by atoms with Crippen LogP contribution in [0.5, 0.6) is 11.5 Å². The zero-order chi connectivity index (χ0) is 17.9. The Kier molecular flexibility index (Phi) is 8.91. The lowest BCUT2D eigenvalue weighted by molar-refractivity contribution is -0.141. The molecule has 1 amide bonds. The Labute approximate surface area is 155 Å². The second kappa shape index (κ2) is 9.85. The minimum absolute atomic E-state index is 0. The third-order valence-corrected chi connectivity index (χ3v) is 4.26. The Bertz CT molecular complexity index is 682. The molecule has 2 fully saturated rings. The van der Waals surface area contributed by atoms with E-state index in [9.17, 15) is 19.2 Å². The Balaban J connectivity index is 0.000000446. The summed E-state index contributed by atoms with van der Waals surface area (Å²) in [5.74, 6) is 1.60. The van der Waals surface area contributed by atoms with E-state index in [0.717, 1.165) is 31.7 Å². The number of hydrogen-bond acceptors (Lipinski definition) is 7. The van der Waals surface area contributed by atoms with Crippen LogP contribution < -0.4 is 11.3 Å². The van der Waals surface area contributed by atoms with Gasteiger partial charge < -0.3 is 15.7 Å². The van der Waals surface area contributed by atoms with Gasteiger partial charge in [-0.15, -0.1) is 12.4 Å². The fourth-order valence-electron chi connectivity index (χ4n) is 2.96. The molecule has 0 aromatic heterocycles. The quantitative estimate of drug-likeness (QED) is 0.169. The summed E-state index contributed by atoms with van der Waals surface area (Å²) in [6.07, 6.45) is 3.43. The molecular weight excluding hydrogens is 368 g/mol. The molecule has 2 atom stereocenters. The highest BCUT2D eigenvalue weighted by atomic mass is 35.5. The highest BCUT2D eigenvalue weighted by Crippen LogP contribution is 2.36. The SMILES string of the molecule is Cl.NNC(=O)c1ccc(O)c(O)c1.O.O=C1C(=O)C2CCCCC2C1=O. The number of benzene rings is 1. The Morgan fingerprint density at radius 2 is 1.50 bits per heavy atom. The number of aromatic hydroxyl groups is 2. The van der Waals surface area contributed by atoms with Gasteiger partial charge in [0, 0.05) is 17.4 Å². The number of rotatable bonds is 1. The average molecular weight is 389 g/mol. The number of nitrogens with one attached hydrogen (secondary N) is 1. The van der Waals surface area contributed by atoms with Crippen molar-refractivity contribution in [1.82, 2.24) is 5.43 Å². The molecule has 0 bridgehead atoms. The molecule has 2 unspecified atom stereocenters. The fourth-order valence-corrected chi connectivity index (χ4v) is 2.96. The largest absolute Gasteiger partial charge is 0.504 e. The minimum atomic E-state index is -0.744. The van der Waals surface area contributed by atoms with E-state index < -0.39 is 23.3 Å². The van der Waals surface area contributed by atoms with E-state index >= 15 is 0 Å². The first kappa shape index (κ1) is 23.5. The molecule has 0 radical (unpaired) electrons. The molecule has 0 spiro atoms. The van der Waals surface area contributed by atoms with E-state index in [2.05, 4.69) is 0 Å². The summed E-state index contributed by atoms with van der Waals surface area (Å²) in [5, 5.41) is 17.9. The summed E-state index contributed by atoms with van der Waals surface area (Å²) in [6, 6.07) is 3.68. The van der Waals surface area contributed by atoms with Crippen molar-refractivity contribution in [1.29, 1.82) is 0 Å². The van der Waals surface area contributed by atoms with Crippen molar-refractivity contribution in [2.75, 3.05) is 0 Å². The van der Waals surface area contributed by atoms with Crippen molar-refractivity contribution in [2.24, 2.45) is 17.7 Å². The first-order chi connectivity index (χ1) is 11.4. The zero-order valence-corrected chi connectivity index (χ0v) is 14.5. The maximum absolute atomic E-state index is 11.2. The molecular formula is C16H21ClN2O7. The number of Topliss-reactive ketones (excluding diaryl/α,β-unsaturated/α-hetero) is 3. The molecule has 10 heteroatoms. The monoisotopic (exact) mass is 388 g/mol. The van der Waals surface area contributed by atoms with E-state index in [1.807, 2.05) is 5.43 Å². The summed E-state index contributed by atoms with van der Waals surface area (Å²) in [6.45, 7) is 0. The molecule has 0 saturated heterocycles. The number of phenols is 2. The van der Waals surface area contributed by atoms with Crippen LogP contribution in [0.15, 0.2) is 18.2 Å². The predicted octanol–water partition coefficient (Wildman–Crippen LogP) is -0.188. The number of nitrogens with two attached hydrogens (primary N) is 1. The number of halogens is 1. The third kappa shape index (κ3) is 4.78. The first-order valence-electron chi connectivity index (χ1n) is 7.52. The summed E-state index contributed by atoms with van der Waals surface area (Å²) in [5.41, 5.74) is 2.08. The van der Waals surface area contributed by atoms with Gasteiger partial charge in [0.1, 0.15) is 0 Å². The van der Waals surface area contributed by atoms with Crippen molar-refractivity contribution >= 4 is 35.7 Å². The van der Waals surface area contributed by atoms with Crippen LogP contribution in [0.3, 0.4) is 0 Å². The van der Waals surface area contributed by atoms with Gasteiger partial charge in [-0.3, -0.25) is 24.6 Å². The van der Waals surface area contributed by atoms with Crippen LogP contribution in [0.1, 0.15) is 36.0 Å². The maximum atomic E-state index is 11.2. The summed E-state index contributed by atoms with van der Waals surface area (Å²) >= 11 is 0. The minimum Gasteiger partial charge on any atom is -0.504 e. The van der Waals surface area contributed by atoms with Gasteiger partial charge in [0.15, 0.2) is 11.5 Å². The standard InChI is InChI=1S/C9H10O3.C7H8N2O3.ClH.H2O/c10-7-5-3-1-2-4-6(5)8(11)9(7)12;8-9-7(12)4-1-2-5(10)6(11)3-4;;/h5-6H,1-4H2;1-3,10-11H,8H2,(H,9,12);1H;1H2. The van der Waals surface area contributed by atoms with E-state index in [1.165, 1.54) is 12.1 Å². The van der Waals surface area contributed by atoms with Gasteiger partial charge in [-0.1, -0.05) is 12.8 Å².